The van der Waals surface area contributed by atoms with Crippen molar-refractivity contribution < 1.29 is 13.0 Å². The first-order valence-electron chi connectivity index (χ1n) is 4.06. The van der Waals surface area contributed by atoms with Crippen molar-refractivity contribution in [1.29, 1.82) is 0 Å². The normalized spacial score (nSPS) is 29.3. The molecule has 0 saturated heterocycles. The third-order valence-electron chi connectivity index (χ3n) is 2.25. The van der Waals surface area contributed by atoms with Crippen LogP contribution in [0.4, 0.5) is 0 Å². The van der Waals surface area contributed by atoms with Gasteiger partial charge in [-0.25, -0.2) is 0 Å². The second kappa shape index (κ2) is 3.95. The smallest absolute Gasteiger partial charge is 0.268 e. The SMILES string of the molecule is [N-]=[N+]=N[C@H]1CCCC[C@@H]1S(=O)(=O)O. The van der Waals surface area contributed by atoms with Gasteiger partial charge in [0.1, 0.15) is 0 Å². The van der Waals surface area contributed by atoms with E-state index in [-0.39, 0.29) is 0 Å². The van der Waals surface area contributed by atoms with Crippen LogP contribution in [-0.2, 0) is 10.1 Å². The highest BCUT2D eigenvalue weighted by Gasteiger charge is 2.33. The highest BCUT2D eigenvalue weighted by Crippen LogP contribution is 2.26. The Morgan fingerprint density at radius 1 is 1.38 bits per heavy atom. The molecule has 0 spiro atoms. The Hall–Kier alpha value is -0.780. The largest absolute Gasteiger partial charge is 0.285 e. The maximum Gasteiger partial charge on any atom is 0.268 e. The van der Waals surface area contributed by atoms with Crippen LogP contribution < -0.4 is 0 Å². The molecule has 1 aliphatic rings. The Morgan fingerprint density at radius 2 is 2.00 bits per heavy atom. The van der Waals surface area contributed by atoms with Crippen LogP contribution in [-0.4, -0.2) is 24.3 Å². The maximum atomic E-state index is 10.8. The zero-order valence-electron chi connectivity index (χ0n) is 7.00. The van der Waals surface area contributed by atoms with Gasteiger partial charge in [0.25, 0.3) is 10.1 Å². The van der Waals surface area contributed by atoms with E-state index in [0.29, 0.717) is 12.8 Å². The third-order valence-corrected chi connectivity index (χ3v) is 3.57. The molecule has 1 saturated carbocycles. The van der Waals surface area contributed by atoms with Gasteiger partial charge in [-0.05, 0) is 18.4 Å². The first-order valence-corrected chi connectivity index (χ1v) is 5.56. The van der Waals surface area contributed by atoms with Crippen molar-refractivity contribution in [3.63, 3.8) is 0 Å². The molecule has 0 unspecified atom stereocenters. The Balaban J connectivity index is 2.85. The maximum absolute atomic E-state index is 10.8. The van der Waals surface area contributed by atoms with Crippen LogP contribution in [0.5, 0.6) is 0 Å². The Kier molecular flexibility index (Phi) is 3.13. The van der Waals surface area contributed by atoms with Crippen molar-refractivity contribution in [3.05, 3.63) is 10.4 Å². The van der Waals surface area contributed by atoms with E-state index in [2.05, 4.69) is 10.0 Å². The highest BCUT2D eigenvalue weighted by atomic mass is 32.2. The molecule has 74 valence electrons. The molecule has 1 aliphatic carbocycles. The quantitative estimate of drug-likeness (QED) is 0.319. The summed E-state index contributed by atoms with van der Waals surface area (Å²) in [5.74, 6) is 0. The lowest BCUT2D eigenvalue weighted by Gasteiger charge is -2.25. The summed E-state index contributed by atoms with van der Waals surface area (Å²) in [5.41, 5.74) is 8.18. The number of hydrogen-bond acceptors (Lipinski definition) is 3. The van der Waals surface area contributed by atoms with Gasteiger partial charge in [0.05, 0.1) is 11.3 Å². The van der Waals surface area contributed by atoms with Gasteiger partial charge in [-0.15, -0.1) is 0 Å². The lowest BCUT2D eigenvalue weighted by atomic mass is 9.96. The van der Waals surface area contributed by atoms with Crippen molar-refractivity contribution in [2.75, 3.05) is 0 Å². The van der Waals surface area contributed by atoms with Gasteiger partial charge in [-0.3, -0.25) is 4.55 Å². The van der Waals surface area contributed by atoms with Crippen molar-refractivity contribution >= 4 is 10.1 Å². The summed E-state index contributed by atoms with van der Waals surface area (Å²) in [6.45, 7) is 0. The van der Waals surface area contributed by atoms with E-state index < -0.39 is 21.4 Å². The molecule has 7 heteroatoms. The fraction of sp³-hybridized carbons (Fsp3) is 1.00. The molecular weight excluding hydrogens is 194 g/mol. The first kappa shape index (κ1) is 10.3. The fourth-order valence-electron chi connectivity index (χ4n) is 1.62. The van der Waals surface area contributed by atoms with Crippen LogP contribution in [0.25, 0.3) is 10.4 Å². The van der Waals surface area contributed by atoms with Crippen molar-refractivity contribution in [3.8, 4) is 0 Å². The van der Waals surface area contributed by atoms with Crippen molar-refractivity contribution in [2.24, 2.45) is 5.11 Å². The van der Waals surface area contributed by atoms with Gasteiger partial charge in [0, 0.05) is 4.91 Å². The minimum atomic E-state index is -4.06. The monoisotopic (exact) mass is 205 g/mol. The van der Waals surface area contributed by atoms with E-state index in [1.165, 1.54) is 0 Å². The minimum absolute atomic E-state index is 0.377. The van der Waals surface area contributed by atoms with Crippen LogP contribution >= 0.6 is 0 Å². The van der Waals surface area contributed by atoms with E-state index in [4.69, 9.17) is 10.1 Å². The molecule has 0 aliphatic heterocycles. The molecule has 0 aromatic rings. The third kappa shape index (κ3) is 2.58. The lowest BCUT2D eigenvalue weighted by Crippen LogP contribution is -2.35. The summed E-state index contributed by atoms with van der Waals surface area (Å²) < 4.78 is 30.5. The molecule has 0 radical (unpaired) electrons. The minimum Gasteiger partial charge on any atom is -0.285 e. The van der Waals surface area contributed by atoms with Crippen LogP contribution in [0.15, 0.2) is 5.11 Å². The summed E-state index contributed by atoms with van der Waals surface area (Å²) in [4.78, 5) is 2.57. The molecule has 6 nitrogen and oxygen atoms in total. The Labute approximate surface area is 76.3 Å². The highest BCUT2D eigenvalue weighted by molar-refractivity contribution is 7.86. The fourth-order valence-corrected chi connectivity index (χ4v) is 2.68. The summed E-state index contributed by atoms with van der Waals surface area (Å²) in [5, 5.41) is 2.47. The molecule has 0 bridgehead atoms. The number of rotatable bonds is 2. The first-order chi connectivity index (χ1) is 6.05. The van der Waals surface area contributed by atoms with Crippen LogP contribution in [0.2, 0.25) is 0 Å². The molecular formula is C6H11N3O3S. The zero-order chi connectivity index (χ0) is 9.90. The Morgan fingerprint density at radius 3 is 2.54 bits per heavy atom. The van der Waals surface area contributed by atoms with Crippen molar-refractivity contribution in [2.45, 2.75) is 37.0 Å². The standard InChI is InChI=1S/C6H11N3O3S/c7-9-8-5-3-1-2-4-6(5)13(10,11)12/h5-6H,1-4H2,(H,10,11,12)/t5-,6-/m0/s1. The summed E-state index contributed by atoms with van der Waals surface area (Å²) in [6, 6.07) is -0.603. The average molecular weight is 205 g/mol. The van der Waals surface area contributed by atoms with Crippen LogP contribution in [0.1, 0.15) is 25.7 Å². The van der Waals surface area contributed by atoms with E-state index in [1.807, 2.05) is 0 Å². The predicted molar refractivity (Wildman–Crippen MR) is 46.7 cm³/mol. The molecule has 0 aromatic heterocycles. The molecule has 0 aromatic carbocycles. The molecule has 13 heavy (non-hydrogen) atoms. The summed E-state index contributed by atoms with van der Waals surface area (Å²) in [7, 11) is -4.06. The van der Waals surface area contributed by atoms with Crippen LogP contribution in [0.3, 0.4) is 0 Å². The number of azide groups is 1. The van der Waals surface area contributed by atoms with Gasteiger partial charge >= 0.3 is 0 Å². The second-order valence-electron chi connectivity index (χ2n) is 3.11. The van der Waals surface area contributed by atoms with Gasteiger partial charge in [0.15, 0.2) is 0 Å². The molecule has 2 atom stereocenters. The van der Waals surface area contributed by atoms with E-state index in [0.717, 1.165) is 12.8 Å². The van der Waals surface area contributed by atoms with E-state index in [9.17, 15) is 8.42 Å². The average Bonchev–Trinajstić information content (AvgIpc) is 2.04. The molecule has 0 heterocycles. The van der Waals surface area contributed by atoms with Gasteiger partial charge in [0.2, 0.25) is 0 Å². The molecule has 1 rings (SSSR count). The van der Waals surface area contributed by atoms with Crippen LogP contribution in [0, 0.1) is 0 Å². The zero-order valence-corrected chi connectivity index (χ0v) is 7.81. The topological polar surface area (TPSA) is 103 Å². The van der Waals surface area contributed by atoms with E-state index in [1.54, 1.807) is 0 Å². The van der Waals surface area contributed by atoms with Gasteiger partial charge in [-0.2, -0.15) is 8.42 Å². The lowest BCUT2D eigenvalue weighted by molar-refractivity contribution is 0.394. The van der Waals surface area contributed by atoms with Gasteiger partial charge < -0.3 is 0 Å². The second-order valence-corrected chi connectivity index (χ2v) is 4.75. The number of nitrogens with zero attached hydrogens (tertiary/aromatic N) is 3. The van der Waals surface area contributed by atoms with E-state index >= 15 is 0 Å². The molecule has 0 amide bonds. The predicted octanol–water partition coefficient (Wildman–Crippen LogP) is 1.50. The molecule has 1 N–H and O–H groups in total. The Bertz CT molecular complexity index is 320. The van der Waals surface area contributed by atoms with Crippen molar-refractivity contribution in [1.82, 2.24) is 0 Å². The van der Waals surface area contributed by atoms with Gasteiger partial charge in [-0.1, -0.05) is 18.0 Å². The summed E-state index contributed by atoms with van der Waals surface area (Å²) in [6.07, 6.45) is 2.51. The molecule has 1 fully saturated rings. The summed E-state index contributed by atoms with van der Waals surface area (Å²) >= 11 is 0. The number of hydrogen-bond donors (Lipinski definition) is 1.